The molecule has 2 N–H and O–H groups in total. The average Bonchev–Trinajstić information content (AvgIpc) is 3.21. The van der Waals surface area contributed by atoms with E-state index >= 15 is 0 Å². The molecule has 2 amide bonds. The van der Waals surface area contributed by atoms with Gasteiger partial charge < -0.3 is 10.6 Å². The number of amides is 2. The zero-order chi connectivity index (χ0) is 15.6. The van der Waals surface area contributed by atoms with Gasteiger partial charge in [0, 0.05) is 10.9 Å². The summed E-state index contributed by atoms with van der Waals surface area (Å²) in [6.45, 7) is -0.366. The summed E-state index contributed by atoms with van der Waals surface area (Å²) >= 11 is 5.53. The predicted molar refractivity (Wildman–Crippen MR) is 70.8 cm³/mol. The third-order valence-electron chi connectivity index (χ3n) is 2.93. The molecule has 8 heteroatoms. The SMILES string of the molecule is O=C(CNC(=O)C1CC1)Nc1ccc(Cl)cc1C(F)(F)F. The second-order valence-corrected chi connectivity index (χ2v) is 5.16. The minimum atomic E-state index is -4.63. The van der Waals surface area contributed by atoms with E-state index in [9.17, 15) is 22.8 Å². The molecular formula is C13H12ClF3N2O2. The Morgan fingerprint density at radius 2 is 1.95 bits per heavy atom. The fourth-order valence-electron chi connectivity index (χ4n) is 1.71. The van der Waals surface area contributed by atoms with Crippen molar-refractivity contribution in [2.24, 2.45) is 5.92 Å². The molecule has 0 heterocycles. The quantitative estimate of drug-likeness (QED) is 0.896. The minimum absolute atomic E-state index is 0.0703. The molecule has 0 atom stereocenters. The molecule has 1 saturated carbocycles. The van der Waals surface area contributed by atoms with Gasteiger partial charge in [-0.25, -0.2) is 0 Å². The molecular weight excluding hydrogens is 309 g/mol. The van der Waals surface area contributed by atoms with Crippen LogP contribution in [0.1, 0.15) is 18.4 Å². The summed E-state index contributed by atoms with van der Waals surface area (Å²) in [6, 6.07) is 3.06. The lowest BCUT2D eigenvalue weighted by molar-refractivity contribution is -0.137. The van der Waals surface area contributed by atoms with E-state index in [1.807, 2.05) is 0 Å². The van der Waals surface area contributed by atoms with Gasteiger partial charge in [0.15, 0.2) is 0 Å². The van der Waals surface area contributed by atoms with E-state index in [-0.39, 0.29) is 23.4 Å². The number of nitrogens with one attached hydrogen (secondary N) is 2. The first-order valence-electron chi connectivity index (χ1n) is 6.21. The van der Waals surface area contributed by atoms with E-state index in [0.717, 1.165) is 25.0 Å². The average molecular weight is 321 g/mol. The highest BCUT2D eigenvalue weighted by atomic mass is 35.5. The van der Waals surface area contributed by atoms with Gasteiger partial charge in [-0.15, -0.1) is 0 Å². The number of halogens is 4. The Kier molecular flexibility index (Phi) is 4.41. The standard InChI is InChI=1S/C13H12ClF3N2O2/c14-8-3-4-10(9(5-8)13(15,16)17)19-11(20)6-18-12(21)7-1-2-7/h3-5,7H,1-2,6H2,(H,18,21)(H,19,20). The predicted octanol–water partition coefficient (Wildman–Crippen LogP) is 2.82. The summed E-state index contributed by atoms with van der Waals surface area (Å²) in [4.78, 5) is 22.9. The van der Waals surface area contributed by atoms with Crippen LogP contribution in [0.25, 0.3) is 0 Å². The van der Waals surface area contributed by atoms with Crippen molar-refractivity contribution in [3.63, 3.8) is 0 Å². The zero-order valence-corrected chi connectivity index (χ0v) is 11.5. The van der Waals surface area contributed by atoms with Crippen LogP contribution < -0.4 is 10.6 Å². The Labute approximate surface area is 123 Å². The Morgan fingerprint density at radius 3 is 2.52 bits per heavy atom. The third kappa shape index (κ3) is 4.35. The van der Waals surface area contributed by atoms with E-state index in [1.165, 1.54) is 6.07 Å². The van der Waals surface area contributed by atoms with Crippen molar-refractivity contribution in [2.45, 2.75) is 19.0 Å². The highest BCUT2D eigenvalue weighted by molar-refractivity contribution is 6.30. The van der Waals surface area contributed by atoms with E-state index < -0.39 is 23.3 Å². The summed E-state index contributed by atoms with van der Waals surface area (Å²) < 4.78 is 38.5. The molecule has 1 aromatic rings. The maximum Gasteiger partial charge on any atom is 0.418 e. The molecule has 1 aliphatic rings. The van der Waals surface area contributed by atoms with Crippen molar-refractivity contribution in [1.29, 1.82) is 0 Å². The molecule has 0 bridgehead atoms. The maximum atomic E-state index is 12.8. The Hall–Kier alpha value is -1.76. The van der Waals surface area contributed by atoms with Crippen LogP contribution in [0.5, 0.6) is 0 Å². The van der Waals surface area contributed by atoms with Crippen LogP contribution in [-0.4, -0.2) is 18.4 Å². The van der Waals surface area contributed by atoms with E-state index in [0.29, 0.717) is 0 Å². The van der Waals surface area contributed by atoms with Crippen molar-refractivity contribution >= 4 is 29.1 Å². The molecule has 0 unspecified atom stereocenters. The summed E-state index contributed by atoms with van der Waals surface area (Å²) in [6.07, 6.45) is -3.07. The lowest BCUT2D eigenvalue weighted by Crippen LogP contribution is -2.34. The Morgan fingerprint density at radius 1 is 1.29 bits per heavy atom. The van der Waals surface area contributed by atoms with Crippen LogP contribution in [-0.2, 0) is 15.8 Å². The van der Waals surface area contributed by atoms with Gasteiger partial charge in [-0.05, 0) is 31.0 Å². The largest absolute Gasteiger partial charge is 0.418 e. The molecule has 0 radical (unpaired) electrons. The lowest BCUT2D eigenvalue weighted by atomic mass is 10.1. The van der Waals surface area contributed by atoms with E-state index in [2.05, 4.69) is 10.6 Å². The summed E-state index contributed by atoms with van der Waals surface area (Å²) in [5, 5.41) is 4.42. The number of alkyl halides is 3. The normalized spacial score (nSPS) is 14.7. The van der Waals surface area contributed by atoms with Gasteiger partial charge in [0.2, 0.25) is 11.8 Å². The molecule has 0 saturated heterocycles. The fourth-order valence-corrected chi connectivity index (χ4v) is 1.88. The van der Waals surface area contributed by atoms with Crippen molar-refractivity contribution in [3.05, 3.63) is 28.8 Å². The third-order valence-corrected chi connectivity index (χ3v) is 3.17. The first-order chi connectivity index (χ1) is 9.77. The molecule has 1 aliphatic carbocycles. The van der Waals surface area contributed by atoms with Crippen molar-refractivity contribution < 1.29 is 22.8 Å². The highest BCUT2D eigenvalue weighted by Gasteiger charge is 2.34. The van der Waals surface area contributed by atoms with Crippen molar-refractivity contribution in [2.75, 3.05) is 11.9 Å². The van der Waals surface area contributed by atoms with Crippen LogP contribution >= 0.6 is 11.6 Å². The van der Waals surface area contributed by atoms with Crippen LogP contribution in [0.2, 0.25) is 5.02 Å². The monoisotopic (exact) mass is 320 g/mol. The summed E-state index contributed by atoms with van der Waals surface area (Å²) in [5.41, 5.74) is -1.42. The van der Waals surface area contributed by atoms with Crippen LogP contribution in [0.4, 0.5) is 18.9 Å². The van der Waals surface area contributed by atoms with Crippen molar-refractivity contribution in [3.8, 4) is 0 Å². The molecule has 114 valence electrons. The summed E-state index contributed by atoms with van der Waals surface area (Å²) in [5.74, 6) is -1.05. The van der Waals surface area contributed by atoms with Gasteiger partial charge in [-0.3, -0.25) is 9.59 Å². The van der Waals surface area contributed by atoms with E-state index in [4.69, 9.17) is 11.6 Å². The molecule has 21 heavy (non-hydrogen) atoms. The Bertz CT molecular complexity index is 571. The van der Waals surface area contributed by atoms with Crippen LogP contribution in [0, 0.1) is 5.92 Å². The fraction of sp³-hybridized carbons (Fsp3) is 0.385. The smallest absolute Gasteiger partial charge is 0.347 e. The molecule has 2 rings (SSSR count). The number of benzene rings is 1. The number of carbonyl (C=O) groups is 2. The number of hydrogen-bond donors (Lipinski definition) is 2. The van der Waals surface area contributed by atoms with E-state index in [1.54, 1.807) is 0 Å². The zero-order valence-electron chi connectivity index (χ0n) is 10.8. The minimum Gasteiger partial charge on any atom is -0.347 e. The topological polar surface area (TPSA) is 58.2 Å². The van der Waals surface area contributed by atoms with Crippen molar-refractivity contribution in [1.82, 2.24) is 5.32 Å². The second-order valence-electron chi connectivity index (χ2n) is 4.73. The van der Waals surface area contributed by atoms with Gasteiger partial charge in [-0.2, -0.15) is 13.2 Å². The number of rotatable bonds is 4. The highest BCUT2D eigenvalue weighted by Crippen LogP contribution is 2.36. The van der Waals surface area contributed by atoms with Gasteiger partial charge in [0.25, 0.3) is 0 Å². The van der Waals surface area contributed by atoms with Gasteiger partial charge in [0.05, 0.1) is 17.8 Å². The lowest BCUT2D eigenvalue weighted by Gasteiger charge is -2.14. The van der Waals surface area contributed by atoms with Gasteiger partial charge in [-0.1, -0.05) is 11.6 Å². The number of carbonyl (C=O) groups excluding carboxylic acids is 2. The van der Waals surface area contributed by atoms with Crippen LogP contribution in [0.3, 0.4) is 0 Å². The molecule has 0 aromatic heterocycles. The number of anilines is 1. The van der Waals surface area contributed by atoms with Gasteiger partial charge in [0.1, 0.15) is 0 Å². The van der Waals surface area contributed by atoms with Gasteiger partial charge >= 0.3 is 6.18 Å². The number of hydrogen-bond acceptors (Lipinski definition) is 2. The summed E-state index contributed by atoms with van der Waals surface area (Å²) in [7, 11) is 0. The molecule has 1 aromatic carbocycles. The molecule has 0 spiro atoms. The van der Waals surface area contributed by atoms with Crippen LogP contribution in [0.15, 0.2) is 18.2 Å². The first kappa shape index (κ1) is 15.6. The second kappa shape index (κ2) is 5.93. The maximum absolute atomic E-state index is 12.8. The Balaban J connectivity index is 2.01. The molecule has 1 fully saturated rings. The first-order valence-corrected chi connectivity index (χ1v) is 6.59. The molecule has 4 nitrogen and oxygen atoms in total. The molecule has 0 aliphatic heterocycles.